The second kappa shape index (κ2) is 8.35. The van der Waals surface area contributed by atoms with E-state index in [1.54, 1.807) is 6.07 Å². The Morgan fingerprint density at radius 2 is 1.47 bits per heavy atom. The molecule has 0 atom stereocenters. The van der Waals surface area contributed by atoms with Gasteiger partial charge in [-0.15, -0.1) is 15.3 Å². The van der Waals surface area contributed by atoms with E-state index in [0.29, 0.717) is 28.1 Å². The van der Waals surface area contributed by atoms with Crippen molar-refractivity contribution in [1.82, 2.24) is 25.2 Å². The highest BCUT2D eigenvalue weighted by Gasteiger charge is 2.20. The van der Waals surface area contributed by atoms with E-state index in [-0.39, 0.29) is 12.5 Å². The van der Waals surface area contributed by atoms with Gasteiger partial charge in [-0.2, -0.15) is 0 Å². The topological polar surface area (TPSA) is 85.6 Å². The van der Waals surface area contributed by atoms with Gasteiger partial charge in [0, 0.05) is 16.8 Å². The average molecular weight is 424 g/mol. The Hall–Kier alpha value is -4.46. The van der Waals surface area contributed by atoms with E-state index >= 15 is 0 Å². The Labute approximate surface area is 182 Å². The lowest BCUT2D eigenvalue weighted by molar-refractivity contribution is -0.116. The Morgan fingerprint density at radius 3 is 2.16 bits per heavy atom. The number of halogens is 1. The number of amides is 1. The van der Waals surface area contributed by atoms with Crippen LogP contribution in [-0.2, 0) is 11.3 Å². The van der Waals surface area contributed by atoms with Gasteiger partial charge in [-0.1, -0.05) is 71.9 Å². The molecule has 0 saturated heterocycles. The minimum absolute atomic E-state index is 0.118. The highest BCUT2D eigenvalue weighted by Crippen LogP contribution is 2.30. The van der Waals surface area contributed by atoms with Crippen molar-refractivity contribution in [2.75, 3.05) is 5.32 Å². The molecule has 7 nitrogen and oxygen atoms in total. The van der Waals surface area contributed by atoms with E-state index in [0.717, 1.165) is 11.1 Å². The van der Waals surface area contributed by atoms with E-state index in [4.69, 9.17) is 0 Å². The van der Waals surface area contributed by atoms with Crippen LogP contribution in [-0.4, -0.2) is 31.1 Å². The van der Waals surface area contributed by atoms with Gasteiger partial charge in [0.05, 0.1) is 0 Å². The van der Waals surface area contributed by atoms with E-state index < -0.39 is 5.82 Å². The number of benzene rings is 3. The highest BCUT2D eigenvalue weighted by atomic mass is 19.1. The summed E-state index contributed by atoms with van der Waals surface area (Å²) in [5, 5.41) is 20.1. The normalized spacial score (nSPS) is 10.9. The summed E-state index contributed by atoms with van der Waals surface area (Å²) in [6.45, 7) is -0.118. The van der Waals surface area contributed by atoms with Crippen LogP contribution in [0.1, 0.15) is 0 Å². The number of carbonyl (C=O) groups excluding carboxylic acids is 1. The van der Waals surface area contributed by atoms with Crippen LogP contribution in [0.2, 0.25) is 0 Å². The molecule has 1 amide bonds. The summed E-state index contributed by atoms with van der Waals surface area (Å²) in [5.41, 5.74) is 4.34. The highest BCUT2D eigenvalue weighted by molar-refractivity contribution is 5.98. The third-order valence-corrected chi connectivity index (χ3v) is 4.93. The molecule has 8 heteroatoms. The van der Waals surface area contributed by atoms with Crippen LogP contribution >= 0.6 is 0 Å². The van der Waals surface area contributed by atoms with Crippen LogP contribution < -0.4 is 5.32 Å². The first-order chi connectivity index (χ1) is 15.7. The molecule has 0 bridgehead atoms. The molecule has 0 fully saturated rings. The molecule has 2 heterocycles. The SMILES string of the molecule is O=C(Cn1nnc2c(-c3ccccc3)nnc(-c3ccccc3)c21)Nc1cccc(F)c1. The number of nitrogens with zero attached hydrogens (tertiary/aromatic N) is 5. The fourth-order valence-electron chi connectivity index (χ4n) is 3.50. The lowest BCUT2D eigenvalue weighted by atomic mass is 10.1. The lowest BCUT2D eigenvalue weighted by Crippen LogP contribution is -2.20. The van der Waals surface area contributed by atoms with Gasteiger partial charge in [0.1, 0.15) is 34.8 Å². The summed E-state index contributed by atoms with van der Waals surface area (Å²) in [4.78, 5) is 12.7. The number of hydrogen-bond acceptors (Lipinski definition) is 5. The molecule has 1 N–H and O–H groups in total. The number of carbonyl (C=O) groups is 1. The number of fused-ring (bicyclic) bond motifs is 1. The van der Waals surface area contributed by atoms with Gasteiger partial charge in [-0.05, 0) is 18.2 Å². The van der Waals surface area contributed by atoms with Gasteiger partial charge in [0.25, 0.3) is 0 Å². The molecule has 0 spiro atoms. The number of anilines is 1. The van der Waals surface area contributed by atoms with E-state index in [1.807, 2.05) is 60.7 Å². The van der Waals surface area contributed by atoms with Crippen LogP contribution in [0.15, 0.2) is 84.9 Å². The molecule has 0 aliphatic carbocycles. The Balaban J connectivity index is 1.59. The molecule has 32 heavy (non-hydrogen) atoms. The van der Waals surface area contributed by atoms with Crippen LogP contribution in [0.4, 0.5) is 10.1 Å². The molecule has 156 valence electrons. The first-order valence-corrected chi connectivity index (χ1v) is 9.95. The van der Waals surface area contributed by atoms with Gasteiger partial charge >= 0.3 is 0 Å². The summed E-state index contributed by atoms with van der Waals surface area (Å²) in [7, 11) is 0. The summed E-state index contributed by atoms with van der Waals surface area (Å²) in [6.07, 6.45) is 0. The zero-order valence-electron chi connectivity index (χ0n) is 16.8. The molecular weight excluding hydrogens is 407 g/mol. The van der Waals surface area contributed by atoms with Gasteiger partial charge in [0.2, 0.25) is 5.91 Å². The fraction of sp³-hybridized carbons (Fsp3) is 0.0417. The minimum Gasteiger partial charge on any atom is -0.324 e. The molecule has 5 aromatic rings. The fourth-order valence-corrected chi connectivity index (χ4v) is 3.50. The van der Waals surface area contributed by atoms with Gasteiger partial charge < -0.3 is 5.32 Å². The second-order valence-corrected chi connectivity index (χ2v) is 7.13. The van der Waals surface area contributed by atoms with E-state index in [9.17, 15) is 9.18 Å². The molecule has 0 radical (unpaired) electrons. The molecule has 5 rings (SSSR count). The third kappa shape index (κ3) is 3.81. The number of nitrogens with one attached hydrogen (secondary N) is 1. The molecule has 0 saturated carbocycles. The first kappa shape index (κ1) is 19.5. The molecule has 0 unspecified atom stereocenters. The lowest BCUT2D eigenvalue weighted by Gasteiger charge is -2.09. The molecule has 3 aromatic carbocycles. The van der Waals surface area contributed by atoms with Crippen molar-refractivity contribution in [1.29, 1.82) is 0 Å². The van der Waals surface area contributed by atoms with Crippen molar-refractivity contribution < 1.29 is 9.18 Å². The Morgan fingerprint density at radius 1 is 0.812 bits per heavy atom. The maximum atomic E-state index is 13.5. The Kier molecular flexibility index (Phi) is 5.09. The van der Waals surface area contributed by atoms with Gasteiger partial charge in [-0.25, -0.2) is 9.07 Å². The number of hydrogen-bond donors (Lipinski definition) is 1. The van der Waals surface area contributed by atoms with Crippen LogP contribution in [0.25, 0.3) is 33.5 Å². The summed E-state index contributed by atoms with van der Waals surface area (Å²) in [5.74, 6) is -0.789. The third-order valence-electron chi connectivity index (χ3n) is 4.93. The second-order valence-electron chi connectivity index (χ2n) is 7.13. The quantitative estimate of drug-likeness (QED) is 0.454. The summed E-state index contributed by atoms with van der Waals surface area (Å²) < 4.78 is 14.9. The molecular formula is C24H17FN6O. The minimum atomic E-state index is -0.428. The zero-order valence-corrected chi connectivity index (χ0v) is 16.8. The first-order valence-electron chi connectivity index (χ1n) is 9.95. The smallest absolute Gasteiger partial charge is 0.246 e. The van der Waals surface area contributed by atoms with Crippen molar-refractivity contribution in [3.05, 3.63) is 90.7 Å². The van der Waals surface area contributed by atoms with E-state index in [2.05, 4.69) is 25.8 Å². The molecule has 2 aromatic heterocycles. The number of aromatic nitrogens is 5. The van der Waals surface area contributed by atoms with Gasteiger partial charge in [-0.3, -0.25) is 4.79 Å². The zero-order chi connectivity index (χ0) is 21.9. The van der Waals surface area contributed by atoms with Crippen LogP contribution in [0.3, 0.4) is 0 Å². The largest absolute Gasteiger partial charge is 0.324 e. The monoisotopic (exact) mass is 424 g/mol. The van der Waals surface area contributed by atoms with Crippen molar-refractivity contribution >= 4 is 22.6 Å². The Bertz CT molecular complexity index is 1400. The average Bonchev–Trinajstić information content (AvgIpc) is 3.23. The van der Waals surface area contributed by atoms with Crippen molar-refractivity contribution in [3.63, 3.8) is 0 Å². The van der Waals surface area contributed by atoms with Crippen LogP contribution in [0, 0.1) is 5.82 Å². The van der Waals surface area contributed by atoms with Crippen LogP contribution in [0.5, 0.6) is 0 Å². The number of rotatable bonds is 5. The van der Waals surface area contributed by atoms with Crippen molar-refractivity contribution in [2.45, 2.75) is 6.54 Å². The maximum absolute atomic E-state index is 13.5. The standard InChI is InChI=1S/C24H17FN6O/c25-18-12-7-13-19(14-18)26-20(32)15-31-24-22(17-10-5-2-6-11-17)28-27-21(23(24)29-30-31)16-8-3-1-4-9-16/h1-14H,15H2,(H,26,32). The summed E-state index contributed by atoms with van der Waals surface area (Å²) >= 11 is 0. The van der Waals surface area contributed by atoms with Gasteiger partial charge in [0.15, 0.2) is 0 Å². The van der Waals surface area contributed by atoms with Crippen molar-refractivity contribution in [3.8, 4) is 22.5 Å². The predicted molar refractivity (Wildman–Crippen MR) is 119 cm³/mol. The summed E-state index contributed by atoms with van der Waals surface area (Å²) in [6, 6.07) is 24.8. The van der Waals surface area contributed by atoms with E-state index in [1.165, 1.54) is 22.9 Å². The molecule has 0 aliphatic rings. The molecule has 0 aliphatic heterocycles. The van der Waals surface area contributed by atoms with Crippen molar-refractivity contribution in [2.24, 2.45) is 0 Å². The predicted octanol–water partition coefficient (Wildman–Crippen LogP) is 4.33. The maximum Gasteiger partial charge on any atom is 0.246 e.